The Morgan fingerprint density at radius 3 is 2.76 bits per heavy atom. The fourth-order valence-corrected chi connectivity index (χ4v) is 5.32. The second-order valence-corrected chi connectivity index (χ2v) is 10.5. The summed E-state index contributed by atoms with van der Waals surface area (Å²) in [6.07, 6.45) is 5.29. The van der Waals surface area contributed by atoms with Gasteiger partial charge in [-0.25, -0.2) is 4.98 Å². The molecule has 3 aromatic heterocycles. The second kappa shape index (κ2) is 10.4. The van der Waals surface area contributed by atoms with Crippen LogP contribution in [0.5, 0.6) is 5.75 Å². The summed E-state index contributed by atoms with van der Waals surface area (Å²) < 4.78 is 10.0. The van der Waals surface area contributed by atoms with Crippen LogP contribution in [0, 0.1) is 0 Å². The highest BCUT2D eigenvalue weighted by molar-refractivity contribution is 7.16. The molecule has 0 aliphatic heterocycles. The van der Waals surface area contributed by atoms with Crippen molar-refractivity contribution in [2.75, 3.05) is 20.6 Å². The quantitative estimate of drug-likeness (QED) is 0.273. The van der Waals surface area contributed by atoms with Crippen LogP contribution >= 0.6 is 22.9 Å². The third-order valence-corrected chi connectivity index (χ3v) is 7.56. The Hall–Kier alpha value is -3.66. The molecule has 5 rings (SSSR count). The fourth-order valence-electron chi connectivity index (χ4n) is 4.10. The van der Waals surface area contributed by atoms with Crippen molar-refractivity contribution in [3.8, 4) is 21.9 Å². The Kier molecular flexibility index (Phi) is 7.01. The van der Waals surface area contributed by atoms with Crippen LogP contribution < -0.4 is 10.5 Å². The van der Waals surface area contributed by atoms with Crippen molar-refractivity contribution in [2.24, 2.45) is 5.73 Å². The number of hydrogen-bond donors (Lipinski definition) is 1. The van der Waals surface area contributed by atoms with Crippen LogP contribution in [-0.2, 0) is 6.54 Å². The molecule has 2 N–H and O–H groups in total. The van der Waals surface area contributed by atoms with Crippen LogP contribution in [0.3, 0.4) is 0 Å². The Labute approximate surface area is 223 Å². The number of hydrogen-bond acceptors (Lipinski definition) is 6. The van der Waals surface area contributed by atoms with Crippen molar-refractivity contribution in [3.05, 3.63) is 82.7 Å². The van der Waals surface area contributed by atoms with Crippen molar-refractivity contribution in [2.45, 2.75) is 19.6 Å². The van der Waals surface area contributed by atoms with Crippen molar-refractivity contribution in [1.82, 2.24) is 24.2 Å². The number of carbonyl (C=O) groups is 1. The molecule has 0 unspecified atom stereocenters. The number of fused-ring (bicyclic) bond motifs is 1. The number of rotatable bonds is 9. The predicted molar refractivity (Wildman–Crippen MR) is 148 cm³/mol. The molecule has 0 radical (unpaired) electrons. The van der Waals surface area contributed by atoms with Crippen LogP contribution in [0.4, 0.5) is 0 Å². The molecule has 0 saturated heterocycles. The normalized spacial score (nSPS) is 12.4. The van der Waals surface area contributed by atoms with Gasteiger partial charge in [-0.1, -0.05) is 35.9 Å². The standard InChI is InChI=1S/C27H27ClN6O2S/c1-17(20-6-4-5-7-21(20)28)36-24-13-25(37-26(24)27(29)35)34-16-30-22-12-18(8-9-23(22)34)19-14-31-33(15-19)11-10-32(2)3/h4-9,12-17H,10-11H2,1-3H3,(H2,29,35)/t17-/m1/s1. The molecule has 8 nitrogen and oxygen atoms in total. The van der Waals surface area contributed by atoms with Gasteiger partial charge in [0.05, 0.1) is 23.8 Å². The van der Waals surface area contributed by atoms with E-state index in [4.69, 9.17) is 22.1 Å². The van der Waals surface area contributed by atoms with Gasteiger partial charge >= 0.3 is 0 Å². The number of thiophene rings is 1. The average molecular weight is 535 g/mol. The van der Waals surface area contributed by atoms with Gasteiger partial charge in [-0.15, -0.1) is 11.3 Å². The maximum Gasteiger partial charge on any atom is 0.262 e. The first-order valence-corrected chi connectivity index (χ1v) is 13.0. The maximum absolute atomic E-state index is 12.2. The van der Waals surface area contributed by atoms with E-state index in [0.29, 0.717) is 15.6 Å². The highest BCUT2D eigenvalue weighted by Gasteiger charge is 2.21. The predicted octanol–water partition coefficient (Wildman–Crippen LogP) is 5.40. The molecule has 0 aliphatic carbocycles. The van der Waals surface area contributed by atoms with Gasteiger partial charge < -0.3 is 15.4 Å². The molecule has 0 saturated carbocycles. The van der Waals surface area contributed by atoms with Gasteiger partial charge in [-0.2, -0.15) is 5.10 Å². The van der Waals surface area contributed by atoms with Crippen molar-refractivity contribution in [3.63, 3.8) is 0 Å². The van der Waals surface area contributed by atoms with Crippen LogP contribution in [0.1, 0.15) is 28.3 Å². The van der Waals surface area contributed by atoms with Crippen molar-refractivity contribution in [1.29, 1.82) is 0 Å². The van der Waals surface area contributed by atoms with Crippen LogP contribution in [0.2, 0.25) is 5.02 Å². The summed E-state index contributed by atoms with van der Waals surface area (Å²) in [6, 6.07) is 15.4. The third kappa shape index (κ3) is 5.24. The smallest absolute Gasteiger partial charge is 0.262 e. The van der Waals surface area contributed by atoms with Gasteiger partial charge in [0.1, 0.15) is 28.1 Å². The summed E-state index contributed by atoms with van der Waals surface area (Å²) >= 11 is 7.60. The average Bonchev–Trinajstić information content (AvgIpc) is 3.60. The van der Waals surface area contributed by atoms with Crippen LogP contribution in [-0.4, -0.2) is 50.8 Å². The van der Waals surface area contributed by atoms with Gasteiger partial charge in [0.15, 0.2) is 0 Å². The molecular weight excluding hydrogens is 508 g/mol. The Morgan fingerprint density at radius 1 is 1.19 bits per heavy atom. The summed E-state index contributed by atoms with van der Waals surface area (Å²) in [4.78, 5) is 19.3. The summed E-state index contributed by atoms with van der Waals surface area (Å²) in [7, 11) is 4.09. The Morgan fingerprint density at radius 2 is 2.00 bits per heavy atom. The lowest BCUT2D eigenvalue weighted by Gasteiger charge is -2.16. The number of primary amides is 1. The highest BCUT2D eigenvalue weighted by atomic mass is 35.5. The second-order valence-electron chi connectivity index (χ2n) is 9.04. The Bertz CT molecular complexity index is 1570. The Balaban J connectivity index is 1.43. The minimum atomic E-state index is -0.546. The number of benzene rings is 2. The van der Waals surface area contributed by atoms with Crippen LogP contribution in [0.25, 0.3) is 27.2 Å². The molecule has 0 bridgehead atoms. The number of nitrogens with two attached hydrogens (primary N) is 1. The first-order valence-electron chi connectivity index (χ1n) is 11.8. The molecule has 1 amide bonds. The molecule has 10 heteroatoms. The number of carbonyl (C=O) groups excluding carboxylic acids is 1. The van der Waals surface area contributed by atoms with E-state index < -0.39 is 5.91 Å². The topological polar surface area (TPSA) is 91.2 Å². The van der Waals surface area contributed by atoms with Crippen molar-refractivity contribution >= 4 is 39.9 Å². The van der Waals surface area contributed by atoms with Gasteiger partial charge in [0.25, 0.3) is 5.91 Å². The van der Waals surface area contributed by atoms with E-state index in [0.717, 1.165) is 45.8 Å². The summed E-state index contributed by atoms with van der Waals surface area (Å²) in [6.45, 7) is 3.63. The first kappa shape index (κ1) is 25.0. The molecule has 37 heavy (non-hydrogen) atoms. The zero-order valence-corrected chi connectivity index (χ0v) is 22.3. The number of aromatic nitrogens is 4. The maximum atomic E-state index is 12.2. The van der Waals surface area contributed by atoms with Crippen LogP contribution in [0.15, 0.2) is 67.3 Å². The minimum absolute atomic E-state index is 0.345. The van der Waals surface area contributed by atoms with Gasteiger partial charge in [-0.05, 0) is 44.8 Å². The molecular formula is C27H27ClN6O2S. The lowest BCUT2D eigenvalue weighted by atomic mass is 10.1. The lowest BCUT2D eigenvalue weighted by Crippen LogP contribution is -2.18. The number of ether oxygens (including phenoxy) is 1. The molecule has 2 aromatic carbocycles. The third-order valence-electron chi connectivity index (χ3n) is 6.08. The number of amides is 1. The van der Waals surface area contributed by atoms with E-state index >= 15 is 0 Å². The van der Waals surface area contributed by atoms with E-state index in [2.05, 4.69) is 15.0 Å². The zero-order chi connectivity index (χ0) is 26.1. The number of imidazole rings is 1. The summed E-state index contributed by atoms with van der Waals surface area (Å²) in [5.41, 5.74) is 10.3. The lowest BCUT2D eigenvalue weighted by molar-refractivity contribution is 0.0998. The van der Waals surface area contributed by atoms with E-state index in [1.54, 1.807) is 6.33 Å². The molecule has 0 fully saturated rings. The molecule has 5 aromatic rings. The summed E-state index contributed by atoms with van der Waals surface area (Å²) in [5, 5.41) is 5.86. The SMILES string of the molecule is C[C@@H](Oc1cc(-n2cnc3cc(-c4cnn(CCN(C)C)c4)ccc32)sc1C(N)=O)c1ccccc1Cl. The molecule has 0 spiro atoms. The van der Waals surface area contributed by atoms with Crippen molar-refractivity contribution < 1.29 is 9.53 Å². The fraction of sp³-hybridized carbons (Fsp3) is 0.222. The monoisotopic (exact) mass is 534 g/mol. The minimum Gasteiger partial charge on any atom is -0.484 e. The number of likely N-dealkylation sites (N-methyl/N-ethyl adjacent to an activating group) is 1. The van der Waals surface area contributed by atoms with Gasteiger partial charge in [0, 0.05) is 35.0 Å². The zero-order valence-electron chi connectivity index (χ0n) is 20.8. The highest BCUT2D eigenvalue weighted by Crippen LogP contribution is 2.37. The molecule has 1 atom stereocenters. The molecule has 0 aliphatic rings. The number of halogens is 1. The van der Waals surface area contributed by atoms with Gasteiger partial charge in [-0.3, -0.25) is 14.0 Å². The van der Waals surface area contributed by atoms with E-state index in [1.807, 2.05) is 91.2 Å². The summed E-state index contributed by atoms with van der Waals surface area (Å²) in [5.74, 6) is -0.126. The molecule has 190 valence electrons. The first-order chi connectivity index (χ1) is 17.8. The molecule has 3 heterocycles. The van der Waals surface area contributed by atoms with Gasteiger partial charge in [0.2, 0.25) is 0 Å². The van der Waals surface area contributed by atoms with E-state index in [9.17, 15) is 4.79 Å². The van der Waals surface area contributed by atoms with E-state index in [-0.39, 0.29) is 6.10 Å². The van der Waals surface area contributed by atoms with E-state index in [1.165, 1.54) is 11.3 Å². The number of nitrogens with zero attached hydrogens (tertiary/aromatic N) is 5. The largest absolute Gasteiger partial charge is 0.484 e.